The third kappa shape index (κ3) is 5.82. The van der Waals surface area contributed by atoms with Gasteiger partial charge in [0.2, 0.25) is 0 Å². The second kappa shape index (κ2) is 6.12. The van der Waals surface area contributed by atoms with Gasteiger partial charge in [0.15, 0.2) is 0 Å². The van der Waals surface area contributed by atoms with Crippen molar-refractivity contribution in [3.63, 3.8) is 0 Å². The highest BCUT2D eigenvalue weighted by Crippen LogP contribution is 1.92. The zero-order valence-corrected chi connectivity index (χ0v) is 6.58. The van der Waals surface area contributed by atoms with E-state index < -0.39 is 12.7 Å². The van der Waals surface area contributed by atoms with Crippen LogP contribution in [0, 0.1) is 0 Å². The van der Waals surface area contributed by atoms with E-state index in [9.17, 15) is 9.90 Å². The average molecular weight is 161 g/mol. The molecule has 0 aromatic carbocycles. The molecule has 1 unspecified atom stereocenters. The summed E-state index contributed by atoms with van der Waals surface area (Å²) in [6, 6.07) is 0. The van der Waals surface area contributed by atoms with Gasteiger partial charge < -0.3 is 9.84 Å². The van der Waals surface area contributed by atoms with Crippen LogP contribution >= 0.6 is 0 Å². The Bertz CT molecular complexity index is 113. The molecule has 1 radical (unpaired) electrons. The van der Waals surface area contributed by atoms with Crippen LogP contribution < -0.4 is 0 Å². The quantitative estimate of drug-likeness (QED) is 0.582. The number of esters is 1. The number of aliphatic hydroxyl groups is 1. The first-order valence-electron chi connectivity index (χ1n) is 3.63. The molecule has 1 N–H and O–H groups in total. The smallest absolute Gasteiger partial charge is 0.305 e. The molecular weight excluding hydrogens is 148 g/mol. The van der Waals surface area contributed by atoms with E-state index in [0.29, 0.717) is 12.8 Å². The predicted octanol–water partition coefficient (Wildman–Crippen LogP) is 0.121. The Labute approximate surface area is 65.8 Å². The van der Waals surface area contributed by atoms with Crippen molar-refractivity contribution in [2.45, 2.75) is 25.9 Å². The second-order valence-electron chi connectivity index (χ2n) is 2.24. The minimum Gasteiger partial charge on any atom is -0.463 e. The van der Waals surface area contributed by atoms with Gasteiger partial charge in [-0.3, -0.25) is 4.79 Å². The number of aliphatic hydroxyl groups excluding tert-OH is 1. The molecule has 0 spiro atoms. The van der Waals surface area contributed by atoms with Crippen LogP contribution in [0.25, 0.3) is 0 Å². The number of hydrogen-bond acceptors (Lipinski definition) is 3. The van der Waals surface area contributed by atoms with E-state index in [1.54, 1.807) is 0 Å². The lowest BCUT2D eigenvalue weighted by atomic mass is 10.3. The van der Waals surface area contributed by atoms with Crippen LogP contribution in [-0.2, 0) is 14.6 Å². The van der Waals surface area contributed by atoms with Gasteiger partial charge in [-0.2, -0.15) is 0 Å². The molecule has 4 heteroatoms. The van der Waals surface area contributed by atoms with Gasteiger partial charge in [-0.15, -0.1) is 0 Å². The molecule has 11 heavy (non-hydrogen) atoms. The van der Waals surface area contributed by atoms with Gasteiger partial charge in [-0.05, 0) is 6.42 Å². The van der Waals surface area contributed by atoms with Gasteiger partial charge >= 0.3 is 5.97 Å². The molecule has 4 nitrogen and oxygen atoms in total. The largest absolute Gasteiger partial charge is 0.463 e. The van der Waals surface area contributed by atoms with E-state index in [1.807, 2.05) is 6.92 Å². The van der Waals surface area contributed by atoms with Gasteiger partial charge in [-0.1, -0.05) is 6.92 Å². The molecule has 0 aromatic heterocycles. The highest BCUT2D eigenvalue weighted by Gasteiger charge is 2.07. The fourth-order valence-electron chi connectivity index (χ4n) is 0.515. The van der Waals surface area contributed by atoms with Crippen molar-refractivity contribution in [1.29, 1.82) is 0 Å². The summed E-state index contributed by atoms with van der Waals surface area (Å²) in [6.45, 7) is 1.14. The van der Waals surface area contributed by atoms with E-state index in [-0.39, 0.29) is 12.6 Å². The van der Waals surface area contributed by atoms with Crippen LogP contribution in [0.1, 0.15) is 19.8 Å². The summed E-state index contributed by atoms with van der Waals surface area (Å²) >= 11 is 0. The Morgan fingerprint density at radius 3 is 2.73 bits per heavy atom. The van der Waals surface area contributed by atoms with E-state index in [4.69, 9.17) is 5.11 Å². The molecule has 1 atom stereocenters. The van der Waals surface area contributed by atoms with Gasteiger partial charge in [0, 0.05) is 6.42 Å². The first-order valence-corrected chi connectivity index (χ1v) is 3.63. The van der Waals surface area contributed by atoms with Crippen LogP contribution in [0.2, 0.25) is 0 Å². The normalized spacial score (nSPS) is 12.6. The first kappa shape index (κ1) is 10.4. The number of carbonyl (C=O) groups excluding carboxylic acids is 1. The number of carbonyl (C=O) groups is 1. The molecule has 0 bridgehead atoms. The van der Waals surface area contributed by atoms with Gasteiger partial charge in [0.25, 0.3) is 0 Å². The van der Waals surface area contributed by atoms with Crippen molar-refractivity contribution < 1.29 is 19.7 Å². The van der Waals surface area contributed by atoms with Crippen molar-refractivity contribution in [2.75, 3.05) is 13.2 Å². The minimum absolute atomic E-state index is 0.227. The summed E-state index contributed by atoms with van der Waals surface area (Å²) in [6.07, 6.45) is -0.157. The minimum atomic E-state index is -1.20. The highest BCUT2D eigenvalue weighted by molar-refractivity contribution is 5.69. The number of hydrogen-bond donors (Lipinski definition) is 1. The maximum absolute atomic E-state index is 10.6. The van der Waals surface area contributed by atoms with Crippen LogP contribution in [0.4, 0.5) is 0 Å². The molecule has 65 valence electrons. The van der Waals surface area contributed by atoms with E-state index in [2.05, 4.69) is 4.74 Å². The lowest BCUT2D eigenvalue weighted by molar-refractivity contribution is -0.149. The zero-order valence-electron chi connectivity index (χ0n) is 6.58. The Morgan fingerprint density at radius 1 is 1.64 bits per heavy atom. The lowest BCUT2D eigenvalue weighted by Gasteiger charge is -2.05. The third-order valence-corrected chi connectivity index (χ3v) is 1.09. The summed E-state index contributed by atoms with van der Waals surface area (Å²) < 4.78 is 4.52. The molecule has 0 saturated carbocycles. The standard InChI is InChI=1S/C7H13O4/c1-2-3-7(10)11-5-6(9)4-8/h6,8H,2-5H2,1H3. The van der Waals surface area contributed by atoms with Crippen molar-refractivity contribution in [2.24, 2.45) is 0 Å². The molecule has 0 aliphatic heterocycles. The van der Waals surface area contributed by atoms with Gasteiger partial charge in [0.1, 0.15) is 12.7 Å². The summed E-state index contributed by atoms with van der Waals surface area (Å²) in [7, 11) is 0. The Morgan fingerprint density at radius 2 is 2.27 bits per heavy atom. The Kier molecular flexibility index (Phi) is 5.78. The molecule has 0 aromatic rings. The highest BCUT2D eigenvalue weighted by atomic mass is 16.5. The number of rotatable bonds is 5. The van der Waals surface area contributed by atoms with Crippen LogP contribution in [0.5, 0.6) is 0 Å². The molecule has 0 fully saturated rings. The fourth-order valence-corrected chi connectivity index (χ4v) is 0.515. The van der Waals surface area contributed by atoms with Crippen LogP contribution in [-0.4, -0.2) is 30.4 Å². The Hall–Kier alpha value is -0.610. The molecule has 0 aliphatic carbocycles. The Balaban J connectivity index is 3.30. The molecule has 0 amide bonds. The second-order valence-corrected chi connectivity index (χ2v) is 2.24. The molecule has 0 heterocycles. The third-order valence-electron chi connectivity index (χ3n) is 1.09. The number of ether oxygens (including phenoxy) is 1. The maximum Gasteiger partial charge on any atom is 0.305 e. The zero-order chi connectivity index (χ0) is 8.69. The summed E-state index contributed by atoms with van der Waals surface area (Å²) in [5, 5.41) is 18.8. The van der Waals surface area contributed by atoms with Crippen LogP contribution in [0.15, 0.2) is 0 Å². The SMILES string of the molecule is CCCC(=O)OCC([O])CO. The summed E-state index contributed by atoms with van der Waals surface area (Å²) in [5.41, 5.74) is 0. The summed E-state index contributed by atoms with van der Waals surface area (Å²) in [4.78, 5) is 10.6. The first-order chi connectivity index (χ1) is 5.20. The topological polar surface area (TPSA) is 66.4 Å². The molecule has 0 saturated heterocycles. The van der Waals surface area contributed by atoms with Gasteiger partial charge in [0.05, 0.1) is 6.61 Å². The monoisotopic (exact) mass is 161 g/mol. The molecular formula is C7H13O4. The van der Waals surface area contributed by atoms with E-state index >= 15 is 0 Å². The van der Waals surface area contributed by atoms with Crippen molar-refractivity contribution in [1.82, 2.24) is 0 Å². The van der Waals surface area contributed by atoms with E-state index in [0.717, 1.165) is 0 Å². The van der Waals surface area contributed by atoms with Gasteiger partial charge in [-0.25, -0.2) is 5.11 Å². The molecule has 0 aliphatic rings. The van der Waals surface area contributed by atoms with Crippen molar-refractivity contribution >= 4 is 5.97 Å². The average Bonchev–Trinajstić information content (AvgIpc) is 2.01. The summed E-state index contributed by atoms with van der Waals surface area (Å²) in [5.74, 6) is -0.373. The van der Waals surface area contributed by atoms with Crippen molar-refractivity contribution in [3.8, 4) is 0 Å². The predicted molar refractivity (Wildman–Crippen MR) is 37.4 cm³/mol. The fraction of sp³-hybridized carbons (Fsp3) is 0.857. The maximum atomic E-state index is 10.6. The van der Waals surface area contributed by atoms with E-state index in [1.165, 1.54) is 0 Å². The van der Waals surface area contributed by atoms with Crippen LogP contribution in [0.3, 0.4) is 0 Å². The van der Waals surface area contributed by atoms with Crippen molar-refractivity contribution in [3.05, 3.63) is 0 Å². The lowest BCUT2D eigenvalue weighted by Crippen LogP contribution is -2.20. The molecule has 0 rings (SSSR count).